The molecule has 0 spiro atoms. The normalized spacial score (nSPS) is 10.4. The van der Waals surface area contributed by atoms with Gasteiger partial charge in [-0.25, -0.2) is 9.66 Å². The van der Waals surface area contributed by atoms with Gasteiger partial charge in [-0.3, -0.25) is 15.0 Å². The van der Waals surface area contributed by atoms with Crippen molar-refractivity contribution in [3.05, 3.63) is 76.9 Å². The van der Waals surface area contributed by atoms with Gasteiger partial charge in [0, 0.05) is 11.1 Å². The number of carbonyl (C=O) groups excluding carboxylic acids is 1. The molecule has 3 aromatic rings. The van der Waals surface area contributed by atoms with Crippen molar-refractivity contribution in [2.24, 2.45) is 0 Å². The highest BCUT2D eigenvalue weighted by Crippen LogP contribution is 2.33. The Morgan fingerprint density at radius 1 is 1.26 bits per heavy atom. The number of carbonyl (C=O) groups is 1. The lowest BCUT2D eigenvalue weighted by atomic mass is 10.1. The molecule has 7 heteroatoms. The molecule has 0 fully saturated rings. The minimum atomic E-state index is -0.472. The molecule has 1 N–H and O–H groups in total. The molecule has 27 heavy (non-hydrogen) atoms. The van der Waals surface area contributed by atoms with Crippen molar-refractivity contribution in [3.8, 4) is 11.5 Å². The van der Waals surface area contributed by atoms with Crippen molar-refractivity contribution in [2.75, 3.05) is 19.6 Å². The van der Waals surface area contributed by atoms with Crippen LogP contribution < -0.4 is 20.5 Å². The standard InChI is InChI=1S/C20H19N3O4/c1-4-7-13-10-14(11-17(26-2)18(13)27-3)19(24)22-23-12-21-16-9-6-5-8-15(16)20(23)25/h4-6,8-12H,1,7H2,2-3H3,(H,22,24). The van der Waals surface area contributed by atoms with E-state index in [0.29, 0.717) is 34.4 Å². The molecule has 0 aliphatic heterocycles. The van der Waals surface area contributed by atoms with Gasteiger partial charge in [-0.2, -0.15) is 0 Å². The summed E-state index contributed by atoms with van der Waals surface area (Å²) in [7, 11) is 3.03. The Bertz CT molecular complexity index is 1070. The van der Waals surface area contributed by atoms with E-state index in [9.17, 15) is 9.59 Å². The van der Waals surface area contributed by atoms with Crippen LogP contribution >= 0.6 is 0 Å². The van der Waals surface area contributed by atoms with Crippen molar-refractivity contribution in [1.29, 1.82) is 0 Å². The van der Waals surface area contributed by atoms with Crippen LogP contribution in [0.15, 0.2) is 60.2 Å². The van der Waals surface area contributed by atoms with Crippen LogP contribution in [0.3, 0.4) is 0 Å². The topological polar surface area (TPSA) is 82.5 Å². The second kappa shape index (κ2) is 7.74. The number of hydrogen-bond donors (Lipinski definition) is 1. The summed E-state index contributed by atoms with van der Waals surface area (Å²) in [6, 6.07) is 10.2. The zero-order valence-corrected chi connectivity index (χ0v) is 15.1. The van der Waals surface area contributed by atoms with Gasteiger partial charge in [0.05, 0.1) is 25.1 Å². The molecule has 0 unspecified atom stereocenters. The molecule has 1 aromatic heterocycles. The predicted molar refractivity (Wildman–Crippen MR) is 103 cm³/mol. The Labute approximate surface area is 155 Å². The van der Waals surface area contributed by atoms with Crippen molar-refractivity contribution in [2.45, 2.75) is 6.42 Å². The second-order valence-corrected chi connectivity index (χ2v) is 5.74. The average Bonchev–Trinajstić information content (AvgIpc) is 2.69. The third kappa shape index (κ3) is 3.52. The molecule has 1 amide bonds. The maximum absolute atomic E-state index is 12.7. The van der Waals surface area contributed by atoms with E-state index >= 15 is 0 Å². The van der Waals surface area contributed by atoms with Crippen LogP contribution in [-0.2, 0) is 6.42 Å². The summed E-state index contributed by atoms with van der Waals surface area (Å²) in [6.07, 6.45) is 3.49. The van der Waals surface area contributed by atoms with Gasteiger partial charge in [-0.1, -0.05) is 18.2 Å². The Hall–Kier alpha value is -3.61. The van der Waals surface area contributed by atoms with Crippen molar-refractivity contribution < 1.29 is 14.3 Å². The van der Waals surface area contributed by atoms with Crippen molar-refractivity contribution >= 4 is 16.8 Å². The molecule has 0 saturated heterocycles. The number of hydrogen-bond acceptors (Lipinski definition) is 5. The number of fused-ring (bicyclic) bond motifs is 1. The van der Waals surface area contributed by atoms with Crippen LogP contribution in [0.4, 0.5) is 0 Å². The fraction of sp³-hybridized carbons (Fsp3) is 0.150. The third-order valence-electron chi connectivity index (χ3n) is 4.07. The van der Waals surface area contributed by atoms with Crippen LogP contribution in [0.2, 0.25) is 0 Å². The van der Waals surface area contributed by atoms with E-state index in [0.717, 1.165) is 10.2 Å². The number of aromatic nitrogens is 2. The highest BCUT2D eigenvalue weighted by molar-refractivity contribution is 6.00. The fourth-order valence-electron chi connectivity index (χ4n) is 2.80. The molecular formula is C20H19N3O4. The number of para-hydroxylation sites is 1. The number of allylic oxidation sites excluding steroid dienone is 1. The maximum Gasteiger partial charge on any atom is 0.280 e. The number of methoxy groups -OCH3 is 2. The number of nitrogens with one attached hydrogen (secondary N) is 1. The highest BCUT2D eigenvalue weighted by Gasteiger charge is 2.16. The Morgan fingerprint density at radius 2 is 2.04 bits per heavy atom. The van der Waals surface area contributed by atoms with Gasteiger partial charge in [0.25, 0.3) is 11.5 Å². The molecule has 1 heterocycles. The molecule has 138 valence electrons. The minimum Gasteiger partial charge on any atom is -0.493 e. The van der Waals surface area contributed by atoms with Crippen LogP contribution in [0.5, 0.6) is 11.5 Å². The molecular weight excluding hydrogens is 346 g/mol. The van der Waals surface area contributed by atoms with Crippen molar-refractivity contribution in [3.63, 3.8) is 0 Å². The average molecular weight is 365 g/mol. The molecule has 3 rings (SSSR count). The summed E-state index contributed by atoms with van der Waals surface area (Å²) >= 11 is 0. The van der Waals surface area contributed by atoms with Crippen LogP contribution in [0.1, 0.15) is 15.9 Å². The number of amides is 1. The SMILES string of the molecule is C=CCc1cc(C(=O)Nn2cnc3ccccc3c2=O)cc(OC)c1OC. The van der Waals surface area contributed by atoms with Gasteiger partial charge in [0.15, 0.2) is 11.5 Å². The first-order valence-electron chi connectivity index (χ1n) is 8.22. The van der Waals surface area contributed by atoms with E-state index in [2.05, 4.69) is 17.0 Å². The zero-order chi connectivity index (χ0) is 19.4. The second-order valence-electron chi connectivity index (χ2n) is 5.74. The van der Waals surface area contributed by atoms with E-state index in [-0.39, 0.29) is 5.56 Å². The number of nitrogens with zero attached hydrogens (tertiary/aromatic N) is 2. The lowest BCUT2D eigenvalue weighted by Gasteiger charge is -2.15. The largest absolute Gasteiger partial charge is 0.493 e. The van der Waals surface area contributed by atoms with E-state index < -0.39 is 5.91 Å². The third-order valence-corrected chi connectivity index (χ3v) is 4.07. The molecule has 7 nitrogen and oxygen atoms in total. The molecule has 0 bridgehead atoms. The minimum absolute atomic E-state index is 0.324. The van der Waals surface area contributed by atoms with E-state index in [4.69, 9.17) is 9.47 Å². The number of ether oxygens (including phenoxy) is 2. The predicted octanol–water partition coefficient (Wildman–Crippen LogP) is 2.53. The summed E-state index contributed by atoms with van der Waals surface area (Å²) in [5, 5.41) is 0.417. The molecule has 0 aliphatic carbocycles. The Kier molecular flexibility index (Phi) is 5.21. The number of benzene rings is 2. The van der Waals surface area contributed by atoms with Gasteiger partial charge in [0.2, 0.25) is 0 Å². The summed E-state index contributed by atoms with van der Waals surface area (Å²) in [5.41, 5.74) is 3.83. The van der Waals surface area contributed by atoms with Gasteiger partial charge in [-0.15, -0.1) is 6.58 Å². The van der Waals surface area contributed by atoms with E-state index in [1.54, 1.807) is 42.5 Å². The maximum atomic E-state index is 12.7. The first-order valence-corrected chi connectivity index (χ1v) is 8.22. The molecule has 0 atom stereocenters. The first kappa shape index (κ1) is 18.2. The lowest BCUT2D eigenvalue weighted by Crippen LogP contribution is -2.33. The fourth-order valence-corrected chi connectivity index (χ4v) is 2.80. The van der Waals surface area contributed by atoms with Gasteiger partial charge in [-0.05, 0) is 30.7 Å². The number of rotatable bonds is 6. The Balaban J connectivity index is 1.99. The van der Waals surface area contributed by atoms with E-state index in [1.165, 1.54) is 20.5 Å². The molecule has 0 saturated carbocycles. The van der Waals surface area contributed by atoms with Gasteiger partial charge >= 0.3 is 0 Å². The summed E-state index contributed by atoms with van der Waals surface area (Å²) in [4.78, 5) is 29.4. The van der Waals surface area contributed by atoms with Crippen LogP contribution in [-0.4, -0.2) is 29.8 Å². The van der Waals surface area contributed by atoms with E-state index in [1.807, 2.05) is 0 Å². The highest BCUT2D eigenvalue weighted by atomic mass is 16.5. The van der Waals surface area contributed by atoms with Crippen molar-refractivity contribution in [1.82, 2.24) is 9.66 Å². The summed E-state index contributed by atoms with van der Waals surface area (Å²) in [6.45, 7) is 3.72. The van der Waals surface area contributed by atoms with Crippen LogP contribution in [0, 0.1) is 0 Å². The monoisotopic (exact) mass is 365 g/mol. The zero-order valence-electron chi connectivity index (χ0n) is 15.1. The van der Waals surface area contributed by atoms with Crippen LogP contribution in [0.25, 0.3) is 10.9 Å². The summed E-state index contributed by atoms with van der Waals surface area (Å²) < 4.78 is 11.8. The van der Waals surface area contributed by atoms with Gasteiger partial charge < -0.3 is 9.47 Å². The Morgan fingerprint density at radius 3 is 2.74 bits per heavy atom. The molecule has 2 aromatic carbocycles. The molecule has 0 aliphatic rings. The quantitative estimate of drug-likeness (QED) is 0.679. The lowest BCUT2D eigenvalue weighted by molar-refractivity contribution is 0.101. The smallest absolute Gasteiger partial charge is 0.280 e. The summed E-state index contributed by atoms with van der Waals surface area (Å²) in [5.74, 6) is 0.491. The van der Waals surface area contributed by atoms with Gasteiger partial charge in [0.1, 0.15) is 6.33 Å². The first-order chi connectivity index (χ1) is 13.1. The molecule has 0 radical (unpaired) electrons.